The number of H-pyrrole nitrogens is 1. The number of nitrogens with one attached hydrogen (secondary N) is 1. The van der Waals surface area contributed by atoms with Crippen LogP contribution in [0.15, 0.2) is 30.6 Å². The lowest BCUT2D eigenvalue weighted by Gasteiger charge is -1.90. The zero-order chi connectivity index (χ0) is 10.3. The van der Waals surface area contributed by atoms with Crippen LogP contribution in [0.3, 0.4) is 0 Å². The van der Waals surface area contributed by atoms with Crippen LogP contribution in [-0.2, 0) is 7.05 Å². The normalized spacial score (nSPS) is 11.0. The molecule has 15 heavy (non-hydrogen) atoms. The first-order valence-corrected chi connectivity index (χ1v) is 4.64. The molecular weight excluding hydrogens is 190 g/mol. The van der Waals surface area contributed by atoms with Gasteiger partial charge in [-0.15, -0.1) is 0 Å². The van der Waals surface area contributed by atoms with Crippen LogP contribution < -0.4 is 0 Å². The minimum absolute atomic E-state index is 0.701. The number of benzene rings is 1. The second-order valence-corrected chi connectivity index (χ2v) is 3.32. The van der Waals surface area contributed by atoms with Crippen molar-refractivity contribution in [2.75, 3.05) is 0 Å². The zero-order valence-electron chi connectivity index (χ0n) is 8.18. The number of aromatic amines is 1. The van der Waals surface area contributed by atoms with Crippen molar-refractivity contribution in [3.8, 4) is 11.5 Å². The number of rotatable bonds is 1. The predicted molar refractivity (Wildman–Crippen MR) is 56.1 cm³/mol. The number of aryl methyl sites for hydroxylation is 1. The lowest BCUT2D eigenvalue weighted by molar-refractivity contribution is 0.798. The van der Waals surface area contributed by atoms with Crippen LogP contribution in [0.2, 0.25) is 0 Å². The molecule has 2 heterocycles. The van der Waals surface area contributed by atoms with Crippen molar-refractivity contribution in [2.45, 2.75) is 0 Å². The van der Waals surface area contributed by atoms with Gasteiger partial charge in [-0.3, -0.25) is 9.78 Å². The molecule has 0 saturated heterocycles. The second kappa shape index (κ2) is 2.91. The Morgan fingerprint density at radius 2 is 2.13 bits per heavy atom. The summed E-state index contributed by atoms with van der Waals surface area (Å²) >= 11 is 0. The van der Waals surface area contributed by atoms with E-state index in [2.05, 4.69) is 20.3 Å². The predicted octanol–water partition coefficient (Wildman–Crippen LogP) is 1.36. The monoisotopic (exact) mass is 199 g/mol. The zero-order valence-corrected chi connectivity index (χ0v) is 8.18. The largest absolute Gasteiger partial charge is 0.267 e. The van der Waals surface area contributed by atoms with Crippen LogP contribution in [0.25, 0.3) is 22.4 Å². The molecule has 0 fully saturated rings. The van der Waals surface area contributed by atoms with Gasteiger partial charge in [0.05, 0.1) is 5.52 Å². The summed E-state index contributed by atoms with van der Waals surface area (Å²) in [6, 6.07) is 8.04. The molecule has 1 N–H and O–H groups in total. The molecule has 0 radical (unpaired) electrons. The second-order valence-electron chi connectivity index (χ2n) is 3.32. The topological polar surface area (TPSA) is 59.4 Å². The van der Waals surface area contributed by atoms with Gasteiger partial charge in [-0.1, -0.05) is 18.2 Å². The van der Waals surface area contributed by atoms with Gasteiger partial charge >= 0.3 is 0 Å². The number of nitrogens with zero attached hydrogens (tertiary/aromatic N) is 4. The molecule has 2 aromatic heterocycles. The van der Waals surface area contributed by atoms with E-state index in [0.29, 0.717) is 5.82 Å². The summed E-state index contributed by atoms with van der Waals surface area (Å²) in [4.78, 5) is 4.11. The minimum atomic E-state index is 0.701. The molecule has 0 spiro atoms. The Bertz CT molecular complexity index is 593. The van der Waals surface area contributed by atoms with E-state index in [0.717, 1.165) is 16.6 Å². The molecule has 5 heteroatoms. The molecule has 0 saturated carbocycles. The highest BCUT2D eigenvalue weighted by atomic mass is 15.3. The van der Waals surface area contributed by atoms with Gasteiger partial charge in [0.1, 0.15) is 12.0 Å². The number of aromatic nitrogens is 5. The maximum absolute atomic E-state index is 4.42. The highest BCUT2D eigenvalue weighted by molar-refractivity contribution is 5.91. The molecule has 74 valence electrons. The lowest BCUT2D eigenvalue weighted by Crippen LogP contribution is -1.90. The van der Waals surface area contributed by atoms with Crippen molar-refractivity contribution in [1.82, 2.24) is 25.0 Å². The first-order valence-electron chi connectivity index (χ1n) is 4.64. The minimum Gasteiger partial charge on any atom is -0.267 e. The number of para-hydroxylation sites is 1. The van der Waals surface area contributed by atoms with Gasteiger partial charge in [0.15, 0.2) is 5.82 Å². The molecule has 0 atom stereocenters. The van der Waals surface area contributed by atoms with Crippen LogP contribution in [0.4, 0.5) is 0 Å². The summed E-state index contributed by atoms with van der Waals surface area (Å²) in [7, 11) is 1.92. The molecule has 0 aliphatic carbocycles. The van der Waals surface area contributed by atoms with Crippen molar-refractivity contribution in [2.24, 2.45) is 7.05 Å². The third kappa shape index (κ3) is 1.13. The average Bonchev–Trinajstić information content (AvgIpc) is 2.87. The van der Waals surface area contributed by atoms with E-state index >= 15 is 0 Å². The van der Waals surface area contributed by atoms with E-state index in [9.17, 15) is 0 Å². The third-order valence-corrected chi connectivity index (χ3v) is 2.40. The molecular formula is C10H9N5. The van der Waals surface area contributed by atoms with Crippen molar-refractivity contribution >= 4 is 10.9 Å². The first-order chi connectivity index (χ1) is 7.36. The van der Waals surface area contributed by atoms with Gasteiger partial charge in [0.25, 0.3) is 0 Å². The van der Waals surface area contributed by atoms with Crippen LogP contribution >= 0.6 is 0 Å². The standard InChI is InChI=1S/C10H9N5/c1-15-8-5-3-2-4-7(8)9(14-15)10-11-6-12-13-10/h2-6H,1H3,(H,11,12,13). The van der Waals surface area contributed by atoms with Crippen LogP contribution in [0.5, 0.6) is 0 Å². The highest BCUT2D eigenvalue weighted by Gasteiger charge is 2.11. The Morgan fingerprint density at radius 3 is 2.93 bits per heavy atom. The molecule has 0 amide bonds. The Kier molecular flexibility index (Phi) is 1.58. The molecule has 0 unspecified atom stereocenters. The molecule has 3 aromatic rings. The van der Waals surface area contributed by atoms with Crippen molar-refractivity contribution in [3.05, 3.63) is 30.6 Å². The molecule has 3 rings (SSSR count). The maximum Gasteiger partial charge on any atom is 0.176 e. The number of fused-ring (bicyclic) bond motifs is 1. The Labute approximate surface area is 85.8 Å². The molecule has 0 bridgehead atoms. The van der Waals surface area contributed by atoms with Crippen LogP contribution in [0, 0.1) is 0 Å². The average molecular weight is 199 g/mol. The van der Waals surface area contributed by atoms with Crippen LogP contribution in [-0.4, -0.2) is 25.0 Å². The summed E-state index contributed by atoms with van der Waals surface area (Å²) in [6.45, 7) is 0. The Hall–Kier alpha value is -2.17. The maximum atomic E-state index is 4.42. The molecule has 1 aromatic carbocycles. The summed E-state index contributed by atoms with van der Waals surface area (Å²) in [6.07, 6.45) is 1.48. The third-order valence-electron chi connectivity index (χ3n) is 2.40. The van der Waals surface area contributed by atoms with Gasteiger partial charge in [0, 0.05) is 12.4 Å². The molecule has 0 aliphatic rings. The van der Waals surface area contributed by atoms with Gasteiger partial charge in [-0.05, 0) is 6.07 Å². The van der Waals surface area contributed by atoms with E-state index in [4.69, 9.17) is 0 Å². The first kappa shape index (κ1) is 8.16. The highest BCUT2D eigenvalue weighted by Crippen LogP contribution is 2.23. The van der Waals surface area contributed by atoms with Gasteiger partial charge in [-0.25, -0.2) is 4.98 Å². The number of hydrogen-bond acceptors (Lipinski definition) is 3. The summed E-state index contributed by atoms with van der Waals surface area (Å²) in [5.74, 6) is 0.701. The van der Waals surface area contributed by atoms with E-state index in [1.165, 1.54) is 6.33 Å². The molecule has 0 aliphatic heterocycles. The summed E-state index contributed by atoms with van der Waals surface area (Å²) < 4.78 is 1.84. The quantitative estimate of drug-likeness (QED) is 0.643. The van der Waals surface area contributed by atoms with Gasteiger partial charge in [0.2, 0.25) is 0 Å². The fourth-order valence-electron chi connectivity index (χ4n) is 1.71. The van der Waals surface area contributed by atoms with E-state index in [-0.39, 0.29) is 0 Å². The number of hydrogen-bond donors (Lipinski definition) is 1. The van der Waals surface area contributed by atoms with E-state index < -0.39 is 0 Å². The fraction of sp³-hybridized carbons (Fsp3) is 0.100. The van der Waals surface area contributed by atoms with Crippen LogP contribution in [0.1, 0.15) is 0 Å². The Morgan fingerprint density at radius 1 is 1.27 bits per heavy atom. The Balaban J connectivity index is 2.37. The van der Waals surface area contributed by atoms with E-state index in [1.54, 1.807) is 0 Å². The van der Waals surface area contributed by atoms with Crippen molar-refractivity contribution < 1.29 is 0 Å². The SMILES string of the molecule is Cn1nc(-c2ncn[nH]2)c2ccccc21. The van der Waals surface area contributed by atoms with Gasteiger partial charge in [-0.2, -0.15) is 10.2 Å². The molecule has 5 nitrogen and oxygen atoms in total. The van der Waals surface area contributed by atoms with Crippen molar-refractivity contribution in [1.29, 1.82) is 0 Å². The van der Waals surface area contributed by atoms with Gasteiger partial charge < -0.3 is 0 Å². The smallest absolute Gasteiger partial charge is 0.176 e. The summed E-state index contributed by atoms with van der Waals surface area (Å²) in [5.41, 5.74) is 1.93. The summed E-state index contributed by atoms with van der Waals surface area (Å²) in [5, 5.41) is 12.1. The van der Waals surface area contributed by atoms with E-state index in [1.807, 2.05) is 36.0 Å². The lowest BCUT2D eigenvalue weighted by atomic mass is 10.2. The van der Waals surface area contributed by atoms with Crippen molar-refractivity contribution in [3.63, 3.8) is 0 Å². The fourth-order valence-corrected chi connectivity index (χ4v) is 1.71.